The molecule has 0 saturated heterocycles. The van der Waals surface area contributed by atoms with Gasteiger partial charge in [0.25, 0.3) is 5.91 Å². The normalized spacial score (nSPS) is 11.2. The Morgan fingerprint density at radius 1 is 1.15 bits per heavy atom. The Labute approximate surface area is 200 Å². The molecule has 1 N–H and O–H groups in total. The van der Waals surface area contributed by atoms with Crippen molar-refractivity contribution in [3.8, 4) is 23.0 Å². The van der Waals surface area contributed by atoms with Gasteiger partial charge in [0, 0.05) is 47.3 Å². The van der Waals surface area contributed by atoms with Crippen molar-refractivity contribution in [1.29, 1.82) is 5.26 Å². The van der Waals surface area contributed by atoms with Gasteiger partial charge in [-0.3, -0.25) is 4.79 Å². The summed E-state index contributed by atoms with van der Waals surface area (Å²) < 4.78 is 4.65. The van der Waals surface area contributed by atoms with E-state index in [0.29, 0.717) is 17.8 Å². The third-order valence-electron chi connectivity index (χ3n) is 4.98. The highest BCUT2D eigenvalue weighted by Gasteiger charge is 2.15. The summed E-state index contributed by atoms with van der Waals surface area (Å²) in [5, 5.41) is 17.2. The first kappa shape index (κ1) is 22.2. The lowest BCUT2D eigenvalue weighted by molar-refractivity contribution is -0.117. The van der Waals surface area contributed by atoms with Gasteiger partial charge in [0.1, 0.15) is 11.6 Å². The van der Waals surface area contributed by atoms with Gasteiger partial charge in [-0.2, -0.15) is 10.4 Å². The summed E-state index contributed by atoms with van der Waals surface area (Å²) in [6, 6.07) is 19.5. The van der Waals surface area contributed by atoms with Crippen LogP contribution in [0, 0.1) is 11.3 Å². The average molecular weight is 501 g/mol. The Hall–Kier alpha value is -3.96. The SMILES string of the molecule is N#CC(=Cc1cn(-c2ccccc2)nc1-c1ccc(Br)cc1)C(=O)NCCCn1ccnc1. The molecule has 7 nitrogen and oxygen atoms in total. The molecule has 2 aromatic carbocycles. The number of hydrogen-bond acceptors (Lipinski definition) is 4. The molecule has 0 aliphatic rings. The Kier molecular flexibility index (Phi) is 7.12. The van der Waals surface area contributed by atoms with Crippen molar-refractivity contribution in [3.05, 3.63) is 95.1 Å². The van der Waals surface area contributed by atoms with E-state index in [0.717, 1.165) is 28.7 Å². The van der Waals surface area contributed by atoms with Crippen molar-refractivity contribution in [3.63, 3.8) is 0 Å². The average Bonchev–Trinajstić information content (AvgIpc) is 3.51. The van der Waals surface area contributed by atoms with Crippen molar-refractivity contribution >= 4 is 27.9 Å². The summed E-state index contributed by atoms with van der Waals surface area (Å²) in [5.74, 6) is -0.405. The third kappa shape index (κ3) is 5.64. The van der Waals surface area contributed by atoms with Crippen LogP contribution in [-0.4, -0.2) is 31.8 Å². The van der Waals surface area contributed by atoms with E-state index in [1.165, 1.54) is 0 Å². The van der Waals surface area contributed by atoms with Crippen LogP contribution in [0.25, 0.3) is 23.0 Å². The number of nitrogens with zero attached hydrogens (tertiary/aromatic N) is 5. The Morgan fingerprint density at radius 2 is 1.94 bits per heavy atom. The van der Waals surface area contributed by atoms with Gasteiger partial charge < -0.3 is 9.88 Å². The van der Waals surface area contributed by atoms with Crippen molar-refractivity contribution < 1.29 is 4.79 Å². The van der Waals surface area contributed by atoms with E-state index < -0.39 is 5.91 Å². The zero-order valence-corrected chi connectivity index (χ0v) is 19.3. The van der Waals surface area contributed by atoms with Gasteiger partial charge in [-0.25, -0.2) is 9.67 Å². The summed E-state index contributed by atoms with van der Waals surface area (Å²) >= 11 is 3.45. The molecule has 8 heteroatoms. The number of para-hydroxylation sites is 1. The van der Waals surface area contributed by atoms with Crippen LogP contribution in [0.1, 0.15) is 12.0 Å². The van der Waals surface area contributed by atoms with Crippen molar-refractivity contribution in [2.75, 3.05) is 6.54 Å². The molecule has 33 heavy (non-hydrogen) atoms. The van der Waals surface area contributed by atoms with Gasteiger partial charge in [0.05, 0.1) is 17.7 Å². The Morgan fingerprint density at radius 3 is 2.64 bits per heavy atom. The molecule has 2 aromatic heterocycles. The highest BCUT2D eigenvalue weighted by molar-refractivity contribution is 9.10. The number of imidazole rings is 1. The summed E-state index contributed by atoms with van der Waals surface area (Å²) in [5.41, 5.74) is 3.18. The number of amides is 1. The highest BCUT2D eigenvalue weighted by atomic mass is 79.9. The van der Waals surface area contributed by atoms with Gasteiger partial charge in [0.15, 0.2) is 0 Å². The first-order valence-electron chi connectivity index (χ1n) is 10.4. The number of halogens is 1. The minimum atomic E-state index is -0.405. The molecule has 0 radical (unpaired) electrons. The van der Waals surface area contributed by atoms with Gasteiger partial charge >= 0.3 is 0 Å². The fraction of sp³-hybridized carbons (Fsp3) is 0.120. The van der Waals surface area contributed by atoms with Crippen LogP contribution in [0.5, 0.6) is 0 Å². The second kappa shape index (κ2) is 10.6. The minimum absolute atomic E-state index is 0.0311. The molecule has 0 unspecified atom stereocenters. The molecule has 0 bridgehead atoms. The number of nitriles is 1. The zero-order chi connectivity index (χ0) is 23.0. The number of nitrogens with one attached hydrogen (secondary N) is 1. The first-order valence-corrected chi connectivity index (χ1v) is 11.2. The first-order chi connectivity index (χ1) is 16.1. The van der Waals surface area contributed by atoms with E-state index in [2.05, 4.69) is 26.2 Å². The Balaban J connectivity index is 1.58. The molecule has 0 atom stereocenters. The number of aromatic nitrogens is 4. The molecule has 0 saturated carbocycles. The highest BCUT2D eigenvalue weighted by Crippen LogP contribution is 2.27. The maximum Gasteiger partial charge on any atom is 0.261 e. The monoisotopic (exact) mass is 500 g/mol. The molecule has 2 heterocycles. The molecular weight excluding hydrogens is 480 g/mol. The lowest BCUT2D eigenvalue weighted by Crippen LogP contribution is -2.26. The number of carbonyl (C=O) groups is 1. The lowest BCUT2D eigenvalue weighted by Gasteiger charge is -2.05. The van der Waals surface area contributed by atoms with Crippen LogP contribution in [0.15, 0.2) is 89.6 Å². The number of aryl methyl sites for hydroxylation is 1. The number of benzene rings is 2. The summed E-state index contributed by atoms with van der Waals surface area (Å²) in [6.45, 7) is 1.20. The zero-order valence-electron chi connectivity index (χ0n) is 17.7. The van der Waals surface area contributed by atoms with Crippen LogP contribution in [0.4, 0.5) is 0 Å². The minimum Gasteiger partial charge on any atom is -0.351 e. The molecular formula is C25H21BrN6O. The predicted octanol–water partition coefficient (Wildman–Crippen LogP) is 4.61. The molecule has 0 spiro atoms. The van der Waals surface area contributed by atoms with Gasteiger partial charge in [0.2, 0.25) is 0 Å². The molecule has 4 aromatic rings. The summed E-state index contributed by atoms with van der Waals surface area (Å²) in [7, 11) is 0. The fourth-order valence-corrected chi connectivity index (χ4v) is 3.58. The van der Waals surface area contributed by atoms with E-state index in [4.69, 9.17) is 5.10 Å². The second-order valence-electron chi connectivity index (χ2n) is 7.30. The molecule has 0 aliphatic carbocycles. The van der Waals surface area contributed by atoms with Crippen LogP contribution in [-0.2, 0) is 11.3 Å². The van der Waals surface area contributed by atoms with Crippen LogP contribution in [0.2, 0.25) is 0 Å². The maximum absolute atomic E-state index is 12.7. The van der Waals surface area contributed by atoms with Crippen LogP contribution in [0.3, 0.4) is 0 Å². The lowest BCUT2D eigenvalue weighted by atomic mass is 10.1. The largest absolute Gasteiger partial charge is 0.351 e. The topological polar surface area (TPSA) is 88.5 Å². The molecule has 4 rings (SSSR count). The second-order valence-corrected chi connectivity index (χ2v) is 8.22. The quantitative estimate of drug-likeness (QED) is 0.217. The fourth-order valence-electron chi connectivity index (χ4n) is 3.32. The summed E-state index contributed by atoms with van der Waals surface area (Å²) in [4.78, 5) is 16.7. The van der Waals surface area contributed by atoms with Crippen molar-refractivity contribution in [2.24, 2.45) is 0 Å². The maximum atomic E-state index is 12.7. The van der Waals surface area contributed by atoms with E-state index in [1.54, 1.807) is 23.3 Å². The van der Waals surface area contributed by atoms with E-state index in [9.17, 15) is 10.1 Å². The molecule has 0 fully saturated rings. The van der Waals surface area contributed by atoms with E-state index in [1.807, 2.05) is 77.6 Å². The van der Waals surface area contributed by atoms with Gasteiger partial charge in [-0.05, 0) is 36.8 Å². The molecule has 0 aliphatic heterocycles. The van der Waals surface area contributed by atoms with Gasteiger partial charge in [-0.15, -0.1) is 0 Å². The summed E-state index contributed by atoms with van der Waals surface area (Å²) in [6.07, 6.45) is 9.48. The van der Waals surface area contributed by atoms with Gasteiger partial charge in [-0.1, -0.05) is 46.3 Å². The number of carbonyl (C=O) groups excluding carboxylic acids is 1. The number of hydrogen-bond donors (Lipinski definition) is 1. The smallest absolute Gasteiger partial charge is 0.261 e. The van der Waals surface area contributed by atoms with E-state index in [-0.39, 0.29) is 5.57 Å². The molecule has 164 valence electrons. The van der Waals surface area contributed by atoms with E-state index >= 15 is 0 Å². The van der Waals surface area contributed by atoms with Crippen LogP contribution < -0.4 is 5.32 Å². The predicted molar refractivity (Wildman–Crippen MR) is 130 cm³/mol. The third-order valence-corrected chi connectivity index (χ3v) is 5.51. The van der Waals surface area contributed by atoms with Crippen molar-refractivity contribution in [1.82, 2.24) is 24.6 Å². The van der Waals surface area contributed by atoms with Crippen LogP contribution >= 0.6 is 15.9 Å². The van der Waals surface area contributed by atoms with Crippen molar-refractivity contribution in [2.45, 2.75) is 13.0 Å². The number of rotatable bonds is 8. The standard InChI is InChI=1S/C25H21BrN6O/c26-22-9-7-19(8-10-22)24-21(17-32(30-24)23-5-2-1-3-6-23)15-20(16-27)25(33)29-11-4-13-31-14-12-28-18-31/h1-3,5-10,12,14-15,17-18H,4,11,13H2,(H,29,33). The Bertz CT molecular complexity index is 1290. The molecule has 1 amide bonds.